The van der Waals surface area contributed by atoms with Gasteiger partial charge in [0.1, 0.15) is 23.5 Å². The van der Waals surface area contributed by atoms with Crippen molar-refractivity contribution in [3.8, 4) is 17.1 Å². The van der Waals surface area contributed by atoms with Gasteiger partial charge < -0.3 is 21.2 Å². The van der Waals surface area contributed by atoms with E-state index < -0.39 is 12.2 Å². The summed E-state index contributed by atoms with van der Waals surface area (Å²) in [6, 6.07) is 10.9. The highest BCUT2D eigenvalue weighted by molar-refractivity contribution is 7.18. The first-order valence-electron chi connectivity index (χ1n) is 10.4. The Labute approximate surface area is 208 Å². The lowest BCUT2D eigenvalue weighted by atomic mass is 10.2. The molecule has 0 radical (unpaired) electrons. The standard InChI is InChI=1S/C11H10F2N3O2P.C11H11N3O.CH5N/c12-11(13,19)6-15-9-3-7(1-2-14-9)10-16-8(4-17)5-18-10;1-8-2-4-9(5-3-8)14-6-10(12)11(7-15)13-14;1-2/h1-5H,6,19H2,(H,14,15);2-7H,12H2,1H3;2H2,1H3. The van der Waals surface area contributed by atoms with E-state index in [1.54, 1.807) is 16.9 Å². The fourth-order valence-electron chi connectivity index (χ4n) is 2.66. The first-order chi connectivity index (χ1) is 17.2. The molecule has 0 aliphatic carbocycles. The second-order valence-corrected chi connectivity index (χ2v) is 7.95. The van der Waals surface area contributed by atoms with Gasteiger partial charge in [-0.1, -0.05) is 26.9 Å². The number of carbonyl (C=O) groups is 2. The van der Waals surface area contributed by atoms with Gasteiger partial charge in [-0.3, -0.25) is 9.59 Å². The Morgan fingerprint density at radius 3 is 2.42 bits per heavy atom. The lowest BCUT2D eigenvalue weighted by Gasteiger charge is -2.11. The number of anilines is 2. The maximum Gasteiger partial charge on any atom is 0.275 e. The summed E-state index contributed by atoms with van der Waals surface area (Å²) in [5, 5.41) is 6.55. The number of benzene rings is 1. The smallest absolute Gasteiger partial charge is 0.275 e. The molecule has 1 aromatic carbocycles. The molecule has 4 aromatic rings. The van der Waals surface area contributed by atoms with E-state index in [2.05, 4.69) is 26.1 Å². The minimum atomic E-state index is -2.91. The zero-order chi connectivity index (χ0) is 26.7. The van der Waals surface area contributed by atoms with Crippen LogP contribution in [0.3, 0.4) is 0 Å². The second-order valence-electron chi connectivity index (χ2n) is 7.11. The number of pyridine rings is 1. The van der Waals surface area contributed by atoms with Crippen molar-refractivity contribution in [2.45, 2.75) is 12.6 Å². The average Bonchev–Trinajstić information content (AvgIpc) is 3.51. The highest BCUT2D eigenvalue weighted by atomic mass is 31.0. The Morgan fingerprint density at radius 1 is 1.17 bits per heavy atom. The molecule has 0 aliphatic heterocycles. The molecule has 0 amide bonds. The lowest BCUT2D eigenvalue weighted by Crippen LogP contribution is -2.19. The van der Waals surface area contributed by atoms with Crippen LogP contribution in [0.25, 0.3) is 17.1 Å². The Balaban J connectivity index is 0.000000243. The maximum atomic E-state index is 12.7. The van der Waals surface area contributed by atoms with Gasteiger partial charge in [0, 0.05) is 11.8 Å². The molecule has 1 atom stereocenters. The van der Waals surface area contributed by atoms with E-state index in [4.69, 9.17) is 10.2 Å². The minimum absolute atomic E-state index is 0.165. The number of oxazole rings is 1. The van der Waals surface area contributed by atoms with Crippen LogP contribution in [-0.4, -0.2) is 51.6 Å². The number of aryl methyl sites for hydroxylation is 1. The summed E-state index contributed by atoms with van der Waals surface area (Å²) in [5.74, 6) is 0.496. The molecule has 190 valence electrons. The molecule has 0 bridgehead atoms. The fraction of sp³-hybridized carbons (Fsp3) is 0.174. The largest absolute Gasteiger partial charge is 0.444 e. The van der Waals surface area contributed by atoms with Crippen LogP contribution in [0.15, 0.2) is 59.5 Å². The summed E-state index contributed by atoms with van der Waals surface area (Å²) < 4.78 is 32.1. The summed E-state index contributed by atoms with van der Waals surface area (Å²) in [4.78, 5) is 28.9. The third kappa shape index (κ3) is 8.33. The number of rotatable bonds is 7. The normalized spacial score (nSPS) is 10.4. The van der Waals surface area contributed by atoms with Crippen LogP contribution in [0, 0.1) is 6.92 Å². The predicted molar refractivity (Wildman–Crippen MR) is 136 cm³/mol. The SMILES string of the molecule is CN.Cc1ccc(-n2cc(N)c(C=O)n2)cc1.O=Cc1coc(-c2ccnc(NCC(F)(F)P)c2)n1. The maximum absolute atomic E-state index is 12.7. The van der Waals surface area contributed by atoms with Crippen LogP contribution in [0.5, 0.6) is 0 Å². The molecule has 4 rings (SSSR count). The number of nitrogens with one attached hydrogen (secondary N) is 1. The van der Waals surface area contributed by atoms with Gasteiger partial charge in [-0.25, -0.2) is 23.4 Å². The lowest BCUT2D eigenvalue weighted by molar-refractivity contribution is 0.111. The number of aromatic nitrogens is 4. The number of nitrogens with two attached hydrogens (primary N) is 2. The van der Waals surface area contributed by atoms with Crippen molar-refractivity contribution in [2.75, 3.05) is 24.6 Å². The molecule has 36 heavy (non-hydrogen) atoms. The van der Waals surface area contributed by atoms with Gasteiger partial charge in [-0.05, 0) is 38.2 Å². The number of aldehydes is 2. The monoisotopic (exact) mass is 517 g/mol. The molecule has 3 aromatic heterocycles. The zero-order valence-electron chi connectivity index (χ0n) is 19.6. The number of nitrogen functional groups attached to an aromatic ring is 1. The van der Waals surface area contributed by atoms with E-state index in [0.29, 0.717) is 23.8 Å². The highest BCUT2D eigenvalue weighted by Crippen LogP contribution is 2.24. The van der Waals surface area contributed by atoms with Gasteiger partial charge in [0.05, 0.1) is 24.1 Å². The summed E-state index contributed by atoms with van der Waals surface area (Å²) in [7, 11) is 2.94. The molecular weight excluding hydrogens is 491 g/mol. The number of halogens is 2. The van der Waals surface area contributed by atoms with E-state index in [9.17, 15) is 18.4 Å². The van der Waals surface area contributed by atoms with Gasteiger partial charge in [0.15, 0.2) is 12.6 Å². The molecule has 0 spiro atoms. The van der Waals surface area contributed by atoms with Crippen molar-refractivity contribution >= 4 is 33.3 Å². The molecule has 5 N–H and O–H groups in total. The molecule has 3 heterocycles. The van der Waals surface area contributed by atoms with Crippen LogP contribution in [0.1, 0.15) is 26.5 Å². The van der Waals surface area contributed by atoms with Gasteiger partial charge >= 0.3 is 0 Å². The van der Waals surface area contributed by atoms with Crippen molar-refractivity contribution in [3.63, 3.8) is 0 Å². The Hall–Kier alpha value is -4.02. The van der Waals surface area contributed by atoms with Crippen LogP contribution in [-0.2, 0) is 0 Å². The third-order valence-electron chi connectivity index (χ3n) is 4.34. The Kier molecular flexibility index (Phi) is 10.3. The van der Waals surface area contributed by atoms with Crippen LogP contribution in [0.2, 0.25) is 0 Å². The van der Waals surface area contributed by atoms with E-state index in [1.165, 1.54) is 40.4 Å². The zero-order valence-corrected chi connectivity index (χ0v) is 20.7. The summed E-state index contributed by atoms with van der Waals surface area (Å²) in [5.41, 5.74) is 10.6. The number of hydrogen-bond acceptors (Lipinski definition) is 9. The first-order valence-corrected chi connectivity index (χ1v) is 11.0. The molecule has 0 aliphatic rings. The number of alkyl halides is 2. The van der Waals surface area contributed by atoms with Gasteiger partial charge in [-0.2, -0.15) is 5.10 Å². The van der Waals surface area contributed by atoms with Crippen LogP contribution in [0.4, 0.5) is 20.3 Å². The van der Waals surface area contributed by atoms with Gasteiger partial charge in [0.25, 0.3) is 5.66 Å². The summed E-state index contributed by atoms with van der Waals surface area (Å²) in [6.07, 6.45) is 5.49. The van der Waals surface area contributed by atoms with Gasteiger partial charge in [0.2, 0.25) is 5.89 Å². The molecular formula is C23H26F2N7O3P. The van der Waals surface area contributed by atoms with Crippen molar-refractivity contribution in [1.82, 2.24) is 19.7 Å². The Bertz CT molecular complexity index is 1270. The molecule has 10 nitrogen and oxygen atoms in total. The highest BCUT2D eigenvalue weighted by Gasteiger charge is 2.20. The van der Waals surface area contributed by atoms with E-state index in [-0.39, 0.29) is 23.1 Å². The number of carbonyl (C=O) groups excluding carboxylic acids is 2. The summed E-state index contributed by atoms with van der Waals surface area (Å²) >= 11 is 0. The van der Waals surface area contributed by atoms with Crippen molar-refractivity contribution < 1.29 is 22.8 Å². The molecule has 0 saturated heterocycles. The van der Waals surface area contributed by atoms with Crippen molar-refractivity contribution in [3.05, 3.63) is 72.0 Å². The van der Waals surface area contributed by atoms with Crippen LogP contribution < -0.4 is 16.8 Å². The average molecular weight is 517 g/mol. The van der Waals surface area contributed by atoms with E-state index in [1.807, 2.05) is 31.2 Å². The summed E-state index contributed by atoms with van der Waals surface area (Å²) in [6.45, 7) is 1.46. The van der Waals surface area contributed by atoms with Crippen LogP contribution >= 0.6 is 9.24 Å². The molecule has 13 heteroatoms. The quantitative estimate of drug-likeness (QED) is 0.246. The van der Waals surface area contributed by atoms with E-state index >= 15 is 0 Å². The number of hydrogen-bond donors (Lipinski definition) is 3. The third-order valence-corrected chi connectivity index (χ3v) is 4.54. The van der Waals surface area contributed by atoms with Gasteiger partial charge in [-0.15, -0.1) is 0 Å². The number of nitrogens with zero attached hydrogens (tertiary/aromatic N) is 4. The molecule has 0 saturated carbocycles. The van der Waals surface area contributed by atoms with E-state index in [0.717, 1.165) is 5.69 Å². The Morgan fingerprint density at radius 2 is 1.86 bits per heavy atom. The minimum Gasteiger partial charge on any atom is -0.444 e. The first kappa shape index (κ1) is 28.2. The molecule has 1 unspecified atom stereocenters. The van der Waals surface area contributed by atoms with Crippen molar-refractivity contribution in [2.24, 2.45) is 5.73 Å². The second kappa shape index (κ2) is 13.2. The predicted octanol–water partition coefficient (Wildman–Crippen LogP) is 3.58. The van der Waals surface area contributed by atoms with Crippen molar-refractivity contribution in [1.29, 1.82) is 0 Å². The fourth-order valence-corrected chi connectivity index (χ4v) is 2.77. The topological polar surface area (TPSA) is 155 Å². The molecule has 0 fully saturated rings.